The van der Waals surface area contributed by atoms with Crippen LogP contribution in [0.5, 0.6) is 0 Å². The Morgan fingerprint density at radius 1 is 0.575 bits per heavy atom. The molecule has 2 saturated carbocycles. The van der Waals surface area contributed by atoms with Crippen LogP contribution in [0.2, 0.25) is 0 Å². The fraction of sp³-hybridized carbons (Fsp3) is 0.571. The van der Waals surface area contributed by atoms with E-state index in [-0.39, 0.29) is 53.6 Å². The Morgan fingerprint density at radius 3 is 1.41 bits per heavy atom. The number of hydrogen-bond acceptors (Lipinski definition) is 16. The van der Waals surface area contributed by atoms with Crippen LogP contribution in [0.4, 0.5) is 16.4 Å². The summed E-state index contributed by atoms with van der Waals surface area (Å²) in [6.45, 7) is 17.1. The number of aromatic nitrogens is 6. The molecule has 2 aliphatic carbocycles. The monoisotopic (exact) mass is 1260 g/mol. The largest absolute Gasteiger partial charge is 0.478 e. The van der Waals surface area contributed by atoms with E-state index in [1.54, 1.807) is 18.2 Å². The lowest BCUT2D eigenvalue weighted by atomic mass is 9.96. The van der Waals surface area contributed by atoms with E-state index in [1.165, 1.54) is 38.0 Å². The number of carboxylic acids is 1. The molecule has 1 N–H and O–H groups in total. The third-order valence-electron chi connectivity index (χ3n) is 16.6. The summed E-state index contributed by atoms with van der Waals surface area (Å²) in [7, 11) is -6.51. The van der Waals surface area contributed by atoms with Gasteiger partial charge in [-0.2, -0.15) is 19.2 Å². The fourth-order valence-corrected chi connectivity index (χ4v) is 13.5. The number of morpholine rings is 2. The van der Waals surface area contributed by atoms with E-state index in [9.17, 15) is 31.2 Å². The quantitative estimate of drug-likeness (QED) is 0.107. The zero-order chi connectivity index (χ0) is 61.1. The number of anilines is 2. The number of carbonyl (C=O) groups excluding carboxylic acids is 2. The lowest BCUT2D eigenvalue weighted by molar-refractivity contribution is 0.00893. The molecule has 0 bridgehead atoms. The number of fused-ring (bicyclic) bond motifs is 2. The first kappa shape index (κ1) is 65.1. The van der Waals surface area contributed by atoms with Gasteiger partial charge in [0.15, 0.2) is 31.0 Å². The molecule has 8 heterocycles. The number of sulfone groups is 2. The maximum atomic E-state index is 14.1. The lowest BCUT2D eigenvalue weighted by Crippen LogP contribution is -2.42. The van der Waals surface area contributed by atoms with Crippen LogP contribution >= 0.6 is 12.4 Å². The topological polar surface area (TPSA) is 241 Å². The van der Waals surface area contributed by atoms with Gasteiger partial charge in [-0.1, -0.05) is 38.1 Å². The van der Waals surface area contributed by atoms with E-state index < -0.39 is 31.2 Å². The molecule has 2 amide bonds. The average molecular weight is 1260 g/mol. The molecule has 4 aliphatic heterocycles. The second-order valence-electron chi connectivity index (χ2n) is 24.8. The number of benzene rings is 2. The minimum Gasteiger partial charge on any atom is -0.478 e. The standard InChI is InChI=1S/C29H37N5O4S.C23H33N5O3.C11H14O4S.ClH/c1-3-20-7-8-22(19-39(2,36)37)23(16-20)29(35)33-11-5-4-6-26(33)25-17-27-30-24(21-9-10-21)18-28(34(27)31-25)32-12-14-38-15-13-32;1-23(2,3)31-22(29)27-9-5-4-6-19(27)18-14-20-24-17(16-7-8-16)15-21(28(20)25-18)26-10-12-30-13-11-26;1-3-8-4-5-9(7-16(2,14)15)10(6-8)11(12)13;/h7-8,16-18,21,26H,3-6,9-15,19H2,1-2H3;14-16,19H,4-13H2,1-3H3;4-6H,3,7H2,1-2H3,(H,12,13);1H/t26-;19-;;/m00../s1. The van der Waals surface area contributed by atoms with Gasteiger partial charge >= 0.3 is 12.1 Å². The number of amides is 2. The van der Waals surface area contributed by atoms with Crippen molar-refractivity contribution in [2.45, 2.75) is 153 Å². The Bertz CT molecular complexity index is 3680. The highest BCUT2D eigenvalue weighted by Crippen LogP contribution is 2.43. The molecule has 0 spiro atoms. The smallest absolute Gasteiger partial charge is 0.410 e. The number of piperidine rings is 2. The van der Waals surface area contributed by atoms with Gasteiger partial charge in [0.25, 0.3) is 5.91 Å². The van der Waals surface area contributed by atoms with Crippen LogP contribution in [0.25, 0.3) is 11.3 Å². The van der Waals surface area contributed by atoms with E-state index in [4.69, 9.17) is 39.5 Å². The summed E-state index contributed by atoms with van der Waals surface area (Å²) >= 11 is 0. The molecule has 87 heavy (non-hydrogen) atoms. The third kappa shape index (κ3) is 16.5. The molecule has 24 heteroatoms. The van der Waals surface area contributed by atoms with Crippen LogP contribution in [0.3, 0.4) is 0 Å². The highest BCUT2D eigenvalue weighted by atomic mass is 35.5. The molecule has 0 unspecified atom stereocenters. The van der Waals surface area contributed by atoms with Gasteiger partial charge in [0.05, 0.1) is 67.0 Å². The van der Waals surface area contributed by atoms with Gasteiger partial charge in [-0.15, -0.1) is 12.4 Å². The van der Waals surface area contributed by atoms with Gasteiger partial charge < -0.3 is 34.0 Å². The van der Waals surface area contributed by atoms with Crippen LogP contribution in [-0.4, -0.2) is 163 Å². The predicted molar refractivity (Wildman–Crippen MR) is 336 cm³/mol. The number of aromatic carboxylic acids is 1. The minimum atomic E-state index is -3.30. The van der Waals surface area contributed by atoms with Crippen molar-refractivity contribution in [1.29, 1.82) is 0 Å². The molecule has 472 valence electrons. The molecular weight excluding hydrogens is 1170 g/mol. The van der Waals surface area contributed by atoms with Crippen molar-refractivity contribution in [3.63, 3.8) is 0 Å². The summed E-state index contributed by atoms with van der Waals surface area (Å²) in [4.78, 5) is 56.3. The summed E-state index contributed by atoms with van der Waals surface area (Å²) in [5.41, 5.74) is 8.56. The number of nitrogens with zero attached hydrogens (tertiary/aromatic N) is 10. The van der Waals surface area contributed by atoms with Crippen molar-refractivity contribution in [3.8, 4) is 0 Å². The molecule has 0 radical (unpaired) electrons. The summed E-state index contributed by atoms with van der Waals surface area (Å²) in [6.07, 6.45) is 14.0. The SMILES string of the molecule is CC(C)(C)OC(=O)N1CCCC[C@H]1c1cc2nc(C3CC3)cc(N3CCOCC3)n2n1.CCc1ccc(CS(C)(=O)=O)c(C(=O)N2CCCC[C@H]2c2cc3nc(C4CC4)cc(N4CCOCC4)n3n2)c1.CCc1ccc(CS(C)(=O)=O)c(C(=O)O)c1.Cl. The molecule has 4 aromatic heterocycles. The van der Waals surface area contributed by atoms with E-state index in [0.29, 0.717) is 54.8 Å². The van der Waals surface area contributed by atoms with Crippen LogP contribution < -0.4 is 9.80 Å². The van der Waals surface area contributed by atoms with E-state index >= 15 is 0 Å². The second kappa shape index (κ2) is 27.6. The highest BCUT2D eigenvalue weighted by Gasteiger charge is 2.37. The van der Waals surface area contributed by atoms with Crippen LogP contribution in [0, 0.1) is 0 Å². The number of hydrogen-bond donors (Lipinski definition) is 1. The maximum Gasteiger partial charge on any atom is 0.410 e. The second-order valence-corrected chi connectivity index (χ2v) is 29.1. The van der Waals surface area contributed by atoms with Crippen molar-refractivity contribution in [2.75, 3.05) is 88.0 Å². The summed E-state index contributed by atoms with van der Waals surface area (Å²) < 4.78 is 67.4. The Morgan fingerprint density at radius 2 is 1.00 bits per heavy atom. The first-order valence-corrected chi connectivity index (χ1v) is 34.7. The summed E-state index contributed by atoms with van der Waals surface area (Å²) in [5.74, 6) is 1.61. The average Bonchev–Trinajstić information content (AvgIpc) is 4.39. The molecule has 12 rings (SSSR count). The number of likely N-dealkylation sites (tertiary alicyclic amines) is 2. The number of rotatable bonds is 14. The Kier molecular flexibility index (Phi) is 20.6. The Balaban J connectivity index is 0.000000168. The van der Waals surface area contributed by atoms with Gasteiger partial charge in [0.2, 0.25) is 0 Å². The van der Waals surface area contributed by atoms with E-state index in [0.717, 1.165) is 154 Å². The molecule has 21 nitrogen and oxygen atoms in total. The zero-order valence-corrected chi connectivity index (χ0v) is 53.7. The minimum absolute atomic E-state index is 0. The number of aryl methyl sites for hydroxylation is 2. The van der Waals surface area contributed by atoms with Gasteiger partial charge in [-0.05, 0) is 132 Å². The van der Waals surface area contributed by atoms with E-state index in [1.807, 2.05) is 71.6 Å². The lowest BCUT2D eigenvalue weighted by Gasteiger charge is -2.35. The first-order chi connectivity index (χ1) is 41.0. The van der Waals surface area contributed by atoms with Crippen molar-refractivity contribution < 1.29 is 50.5 Å². The molecule has 6 fully saturated rings. The molecule has 6 aliphatic rings. The van der Waals surface area contributed by atoms with Crippen molar-refractivity contribution in [1.82, 2.24) is 39.0 Å². The summed E-state index contributed by atoms with van der Waals surface area (Å²) in [6, 6.07) is 18.7. The van der Waals surface area contributed by atoms with Gasteiger partial charge in [-0.3, -0.25) is 9.69 Å². The van der Waals surface area contributed by atoms with Crippen LogP contribution in [-0.2, 0) is 58.2 Å². The number of carbonyl (C=O) groups is 3. The van der Waals surface area contributed by atoms with Crippen LogP contribution in [0.15, 0.2) is 60.7 Å². The number of halogens is 1. The fourth-order valence-electron chi connectivity index (χ4n) is 11.8. The van der Waals surface area contributed by atoms with E-state index in [2.05, 4.69) is 28.0 Å². The van der Waals surface area contributed by atoms with Crippen molar-refractivity contribution >= 4 is 73.0 Å². The molecule has 6 aromatic rings. The molecule has 2 aromatic carbocycles. The number of ether oxygens (including phenoxy) is 3. The molecular formula is C63H85ClN10O11S2. The first-order valence-electron chi connectivity index (χ1n) is 30.6. The predicted octanol–water partition coefficient (Wildman–Crippen LogP) is 9.74. The third-order valence-corrected chi connectivity index (χ3v) is 18.3. The number of carboxylic acid groups (broad SMARTS) is 1. The Hall–Kier alpha value is -6.40. The van der Waals surface area contributed by atoms with Gasteiger partial charge in [0, 0.05) is 105 Å². The Labute approximate surface area is 517 Å². The maximum absolute atomic E-state index is 14.1. The van der Waals surface area contributed by atoms with Gasteiger partial charge in [-0.25, -0.2) is 36.4 Å². The summed E-state index contributed by atoms with van der Waals surface area (Å²) in [5, 5.41) is 19.0. The zero-order valence-electron chi connectivity index (χ0n) is 51.3. The van der Waals surface area contributed by atoms with Crippen LogP contribution in [0.1, 0.15) is 188 Å². The highest BCUT2D eigenvalue weighted by molar-refractivity contribution is 7.90. The molecule has 4 saturated heterocycles. The van der Waals surface area contributed by atoms with Crippen molar-refractivity contribution in [3.05, 3.63) is 117 Å². The van der Waals surface area contributed by atoms with Crippen molar-refractivity contribution in [2.24, 2.45) is 0 Å². The molecule has 2 atom stereocenters. The van der Waals surface area contributed by atoms with Gasteiger partial charge in [0.1, 0.15) is 17.2 Å². The normalized spacial score (nSPS) is 19.4.